The maximum absolute atomic E-state index is 5.62. The van der Waals surface area contributed by atoms with Crippen LogP contribution in [0.25, 0.3) is 0 Å². The van der Waals surface area contributed by atoms with Gasteiger partial charge in [-0.2, -0.15) is 4.98 Å². The molecule has 0 bridgehead atoms. The SMILES string of the molecule is CCC1CCC(c2noc(Cc3csc(N)n3)n2)CC1. The van der Waals surface area contributed by atoms with E-state index in [9.17, 15) is 0 Å². The minimum Gasteiger partial charge on any atom is -0.375 e. The summed E-state index contributed by atoms with van der Waals surface area (Å²) in [6, 6.07) is 0. The first-order valence-corrected chi connectivity index (χ1v) is 8.15. The third-order valence-corrected chi connectivity index (χ3v) is 4.90. The van der Waals surface area contributed by atoms with Crippen molar-refractivity contribution in [3.8, 4) is 0 Å². The Labute approximate surface area is 122 Å². The Morgan fingerprint density at radius 1 is 1.30 bits per heavy atom. The summed E-state index contributed by atoms with van der Waals surface area (Å²) in [7, 11) is 0. The van der Waals surface area contributed by atoms with Crippen LogP contribution in [-0.2, 0) is 6.42 Å². The van der Waals surface area contributed by atoms with Crippen molar-refractivity contribution in [3.63, 3.8) is 0 Å². The van der Waals surface area contributed by atoms with Crippen molar-refractivity contribution in [2.24, 2.45) is 5.92 Å². The highest BCUT2D eigenvalue weighted by atomic mass is 32.1. The first-order valence-electron chi connectivity index (χ1n) is 7.27. The van der Waals surface area contributed by atoms with Gasteiger partial charge >= 0.3 is 0 Å². The fourth-order valence-electron chi connectivity index (χ4n) is 2.89. The molecule has 6 heteroatoms. The van der Waals surface area contributed by atoms with E-state index in [1.54, 1.807) is 0 Å². The van der Waals surface area contributed by atoms with E-state index in [0.717, 1.165) is 17.4 Å². The topological polar surface area (TPSA) is 77.8 Å². The Hall–Kier alpha value is -1.43. The molecule has 2 aromatic rings. The Morgan fingerprint density at radius 2 is 2.10 bits per heavy atom. The largest absolute Gasteiger partial charge is 0.375 e. The minimum absolute atomic E-state index is 0.468. The monoisotopic (exact) mass is 292 g/mol. The third kappa shape index (κ3) is 3.00. The van der Waals surface area contributed by atoms with Crippen LogP contribution in [0.3, 0.4) is 0 Å². The first-order chi connectivity index (χ1) is 9.74. The molecule has 108 valence electrons. The van der Waals surface area contributed by atoms with Gasteiger partial charge in [0, 0.05) is 11.3 Å². The smallest absolute Gasteiger partial charge is 0.232 e. The standard InChI is InChI=1S/C14H20N4OS/c1-2-9-3-5-10(6-4-9)13-17-12(19-18-13)7-11-8-20-14(15)16-11/h8-10H,2-7H2,1H3,(H2,15,16). The molecule has 0 radical (unpaired) electrons. The van der Waals surface area contributed by atoms with Gasteiger partial charge in [0.05, 0.1) is 12.1 Å². The Morgan fingerprint density at radius 3 is 2.75 bits per heavy atom. The number of hydrogen-bond donors (Lipinski definition) is 1. The second-order valence-corrected chi connectivity index (χ2v) is 6.42. The van der Waals surface area contributed by atoms with Crippen LogP contribution in [0.1, 0.15) is 62.4 Å². The van der Waals surface area contributed by atoms with Gasteiger partial charge in [0.25, 0.3) is 0 Å². The highest BCUT2D eigenvalue weighted by Crippen LogP contribution is 2.35. The lowest BCUT2D eigenvalue weighted by Crippen LogP contribution is -2.13. The van der Waals surface area contributed by atoms with E-state index in [1.807, 2.05) is 5.38 Å². The predicted octanol–water partition coefficient (Wildman–Crippen LogP) is 3.38. The molecule has 0 aromatic carbocycles. The summed E-state index contributed by atoms with van der Waals surface area (Å²) in [5, 5.41) is 6.67. The average molecular weight is 292 g/mol. The lowest BCUT2D eigenvalue weighted by molar-refractivity contribution is 0.303. The second-order valence-electron chi connectivity index (χ2n) is 5.53. The minimum atomic E-state index is 0.468. The number of aromatic nitrogens is 3. The Bertz CT molecular complexity index is 557. The van der Waals surface area contributed by atoms with Gasteiger partial charge in [-0.1, -0.05) is 18.5 Å². The molecule has 0 aliphatic heterocycles. The number of nitrogens with two attached hydrogens (primary N) is 1. The van der Waals surface area contributed by atoms with E-state index in [4.69, 9.17) is 10.3 Å². The van der Waals surface area contributed by atoms with Crippen molar-refractivity contribution in [2.75, 3.05) is 5.73 Å². The van der Waals surface area contributed by atoms with Crippen molar-refractivity contribution in [2.45, 2.75) is 51.4 Å². The number of nitrogen functional groups attached to an aromatic ring is 1. The van der Waals surface area contributed by atoms with Crippen LogP contribution in [-0.4, -0.2) is 15.1 Å². The highest BCUT2D eigenvalue weighted by Gasteiger charge is 2.25. The molecule has 1 aliphatic rings. The maximum atomic E-state index is 5.62. The predicted molar refractivity (Wildman–Crippen MR) is 78.6 cm³/mol. The maximum Gasteiger partial charge on any atom is 0.232 e. The van der Waals surface area contributed by atoms with Gasteiger partial charge in [-0.25, -0.2) is 4.98 Å². The van der Waals surface area contributed by atoms with Crippen molar-refractivity contribution in [1.29, 1.82) is 0 Å². The molecule has 0 saturated heterocycles. The summed E-state index contributed by atoms with van der Waals surface area (Å²) >= 11 is 1.44. The Kier molecular flexibility index (Phi) is 4.00. The summed E-state index contributed by atoms with van der Waals surface area (Å²) in [5.41, 5.74) is 6.52. The van der Waals surface area contributed by atoms with Crippen LogP contribution >= 0.6 is 11.3 Å². The van der Waals surface area contributed by atoms with Crippen molar-refractivity contribution >= 4 is 16.5 Å². The van der Waals surface area contributed by atoms with E-state index >= 15 is 0 Å². The molecule has 3 rings (SSSR count). The summed E-state index contributed by atoms with van der Waals surface area (Å²) in [6.45, 7) is 2.27. The van der Waals surface area contributed by atoms with Gasteiger partial charge in [0.15, 0.2) is 11.0 Å². The Balaban J connectivity index is 1.62. The average Bonchev–Trinajstić information content (AvgIpc) is 3.09. The van der Waals surface area contributed by atoms with Gasteiger partial charge in [0.2, 0.25) is 5.89 Å². The molecule has 0 atom stereocenters. The zero-order valence-electron chi connectivity index (χ0n) is 11.7. The van der Waals surface area contributed by atoms with Crippen molar-refractivity contribution in [3.05, 3.63) is 22.8 Å². The first kappa shape index (κ1) is 13.5. The van der Waals surface area contributed by atoms with Crippen LogP contribution in [0, 0.1) is 5.92 Å². The molecule has 0 spiro atoms. The zero-order chi connectivity index (χ0) is 13.9. The normalized spacial score (nSPS) is 23.1. The fourth-order valence-corrected chi connectivity index (χ4v) is 3.46. The second kappa shape index (κ2) is 5.91. The molecular formula is C14H20N4OS. The lowest BCUT2D eigenvalue weighted by atomic mass is 9.80. The number of nitrogens with zero attached hydrogens (tertiary/aromatic N) is 3. The van der Waals surface area contributed by atoms with Crippen LogP contribution < -0.4 is 5.73 Å². The zero-order valence-corrected chi connectivity index (χ0v) is 12.5. The number of hydrogen-bond acceptors (Lipinski definition) is 6. The highest BCUT2D eigenvalue weighted by molar-refractivity contribution is 7.13. The summed E-state index contributed by atoms with van der Waals surface area (Å²) in [6.07, 6.45) is 6.80. The molecule has 1 fully saturated rings. The summed E-state index contributed by atoms with van der Waals surface area (Å²) < 4.78 is 5.35. The molecule has 1 saturated carbocycles. The summed E-state index contributed by atoms with van der Waals surface area (Å²) in [5.74, 6) is 2.87. The molecule has 0 amide bonds. The molecule has 0 unspecified atom stereocenters. The number of anilines is 1. The van der Waals surface area contributed by atoms with Gasteiger partial charge in [-0.3, -0.25) is 0 Å². The molecule has 2 heterocycles. The van der Waals surface area contributed by atoms with Gasteiger partial charge in [-0.15, -0.1) is 11.3 Å². The molecule has 2 aromatic heterocycles. The van der Waals surface area contributed by atoms with Crippen LogP contribution in [0.5, 0.6) is 0 Å². The molecule has 5 nitrogen and oxygen atoms in total. The van der Waals surface area contributed by atoms with Crippen molar-refractivity contribution in [1.82, 2.24) is 15.1 Å². The van der Waals surface area contributed by atoms with E-state index in [-0.39, 0.29) is 0 Å². The third-order valence-electron chi connectivity index (χ3n) is 4.17. The van der Waals surface area contributed by atoms with Gasteiger partial charge < -0.3 is 10.3 Å². The summed E-state index contributed by atoms with van der Waals surface area (Å²) in [4.78, 5) is 8.75. The van der Waals surface area contributed by atoms with Gasteiger partial charge in [0.1, 0.15) is 0 Å². The van der Waals surface area contributed by atoms with Crippen molar-refractivity contribution < 1.29 is 4.52 Å². The van der Waals surface area contributed by atoms with E-state index < -0.39 is 0 Å². The van der Waals surface area contributed by atoms with Crippen LogP contribution in [0.2, 0.25) is 0 Å². The van der Waals surface area contributed by atoms with E-state index in [2.05, 4.69) is 22.0 Å². The quantitative estimate of drug-likeness (QED) is 0.934. The fraction of sp³-hybridized carbons (Fsp3) is 0.643. The molecular weight excluding hydrogens is 272 g/mol. The lowest BCUT2D eigenvalue weighted by Gasteiger charge is -2.25. The van der Waals surface area contributed by atoms with Crippen LogP contribution in [0.15, 0.2) is 9.90 Å². The number of rotatable bonds is 4. The van der Waals surface area contributed by atoms with Gasteiger partial charge in [-0.05, 0) is 31.6 Å². The van der Waals surface area contributed by atoms with Crippen LogP contribution in [0.4, 0.5) is 5.13 Å². The van der Waals surface area contributed by atoms with E-state index in [0.29, 0.717) is 23.4 Å². The van der Waals surface area contributed by atoms with E-state index in [1.165, 1.54) is 43.4 Å². The molecule has 1 aliphatic carbocycles. The molecule has 2 N–H and O–H groups in total. The molecule has 20 heavy (non-hydrogen) atoms. The number of thiazole rings is 1.